The van der Waals surface area contributed by atoms with Crippen LogP contribution in [0.3, 0.4) is 0 Å². The van der Waals surface area contributed by atoms with E-state index >= 15 is 0 Å². The van der Waals surface area contributed by atoms with E-state index in [1.807, 2.05) is 54.6 Å². The Balaban J connectivity index is 2.42. The van der Waals surface area contributed by atoms with E-state index in [-0.39, 0.29) is 0 Å². The van der Waals surface area contributed by atoms with Crippen molar-refractivity contribution in [2.45, 2.75) is 13.3 Å². The topological polar surface area (TPSA) is 17.1 Å². The molecule has 1 atom stereocenters. The molecule has 0 amide bonds. The van der Waals surface area contributed by atoms with Gasteiger partial charge in [0.2, 0.25) is 0 Å². The summed E-state index contributed by atoms with van der Waals surface area (Å²) in [6.07, 6.45) is 0.921. The van der Waals surface area contributed by atoms with E-state index in [0.29, 0.717) is 0 Å². The molecule has 2 rings (SSSR count). The summed E-state index contributed by atoms with van der Waals surface area (Å²) < 4.78 is 12.4. The first kappa shape index (κ1) is 11.0. The molecule has 0 saturated carbocycles. The average molecular weight is 229 g/mol. The minimum atomic E-state index is -1.45. The molecule has 0 saturated heterocycles. The molecular weight excluding hydrogens is 215 g/mol. The van der Waals surface area contributed by atoms with Crippen molar-refractivity contribution in [3.63, 3.8) is 0 Å². The maximum Gasteiger partial charge on any atom is 0.136 e. The van der Waals surface area contributed by atoms with Crippen LogP contribution in [0.15, 0.2) is 54.6 Å². The van der Waals surface area contributed by atoms with E-state index < -0.39 is 7.80 Å². The Labute approximate surface area is 96.9 Å². The first-order valence-corrected chi connectivity index (χ1v) is 6.69. The highest BCUT2D eigenvalue weighted by molar-refractivity contribution is 7.61. The molecule has 2 aromatic rings. The van der Waals surface area contributed by atoms with Crippen molar-refractivity contribution in [2.75, 3.05) is 0 Å². The highest BCUT2D eigenvalue weighted by Gasteiger charge is 2.10. The van der Waals surface area contributed by atoms with Gasteiger partial charge >= 0.3 is 0 Å². The van der Waals surface area contributed by atoms with Gasteiger partial charge in [0.1, 0.15) is 7.80 Å². The highest BCUT2D eigenvalue weighted by Crippen LogP contribution is 2.21. The molecule has 0 aliphatic carbocycles. The number of rotatable bonds is 3. The molecular formula is C14H14OP. The van der Waals surface area contributed by atoms with Gasteiger partial charge in [0.15, 0.2) is 0 Å². The van der Waals surface area contributed by atoms with E-state index in [0.717, 1.165) is 17.0 Å². The summed E-state index contributed by atoms with van der Waals surface area (Å²) >= 11 is 0. The standard InChI is InChI=1S/C14H14OP/c1-2-12-8-6-7-11-14(12)16(15)13-9-4-3-5-10-13/h3-11H,2H2,1H3. The Morgan fingerprint density at radius 1 is 0.938 bits per heavy atom. The summed E-state index contributed by atoms with van der Waals surface area (Å²) in [5.74, 6) is 0. The molecule has 0 N–H and O–H groups in total. The van der Waals surface area contributed by atoms with Gasteiger partial charge in [0, 0.05) is 10.6 Å². The zero-order valence-electron chi connectivity index (χ0n) is 9.26. The largest absolute Gasteiger partial charge is 0.277 e. The molecule has 81 valence electrons. The van der Waals surface area contributed by atoms with Crippen LogP contribution < -0.4 is 10.6 Å². The third-order valence-electron chi connectivity index (χ3n) is 2.58. The third-order valence-corrected chi connectivity index (χ3v) is 4.22. The molecule has 0 heterocycles. The Hall–Kier alpha value is -1.46. The fourth-order valence-electron chi connectivity index (χ4n) is 1.71. The summed E-state index contributed by atoms with van der Waals surface area (Å²) in [6, 6.07) is 17.6. The SMILES string of the molecule is CCc1ccccc1[P](=O)c1ccccc1. The van der Waals surface area contributed by atoms with Crippen LogP contribution in [0.5, 0.6) is 0 Å². The minimum absolute atomic E-state index is 0.901. The summed E-state index contributed by atoms with van der Waals surface area (Å²) in [7, 11) is -1.45. The molecule has 0 aliphatic rings. The van der Waals surface area contributed by atoms with E-state index in [9.17, 15) is 4.57 Å². The van der Waals surface area contributed by atoms with Gasteiger partial charge in [-0.3, -0.25) is 4.57 Å². The molecule has 0 spiro atoms. The Bertz CT molecular complexity index is 491. The molecule has 0 fully saturated rings. The zero-order chi connectivity index (χ0) is 11.4. The fourth-order valence-corrected chi connectivity index (χ4v) is 3.15. The summed E-state index contributed by atoms with van der Waals surface area (Å²) in [4.78, 5) is 0. The third kappa shape index (κ3) is 2.20. The monoisotopic (exact) mass is 229 g/mol. The number of hydrogen-bond donors (Lipinski definition) is 0. The lowest BCUT2D eigenvalue weighted by Crippen LogP contribution is -2.10. The molecule has 0 aliphatic heterocycles. The maximum absolute atomic E-state index is 12.4. The second-order valence-corrected chi connectivity index (χ2v) is 5.20. The van der Waals surface area contributed by atoms with Gasteiger partial charge in [-0.25, -0.2) is 0 Å². The van der Waals surface area contributed by atoms with Crippen molar-refractivity contribution in [3.05, 3.63) is 60.2 Å². The predicted octanol–water partition coefficient (Wildman–Crippen LogP) is 3.03. The molecule has 2 aromatic carbocycles. The predicted molar refractivity (Wildman–Crippen MR) is 69.1 cm³/mol. The average Bonchev–Trinajstić information content (AvgIpc) is 2.39. The Kier molecular flexibility index (Phi) is 3.48. The zero-order valence-corrected chi connectivity index (χ0v) is 10.2. The summed E-state index contributed by atoms with van der Waals surface area (Å²) in [5, 5.41) is 1.87. The lowest BCUT2D eigenvalue weighted by atomic mass is 10.2. The van der Waals surface area contributed by atoms with Crippen molar-refractivity contribution in [3.8, 4) is 0 Å². The Morgan fingerprint density at radius 3 is 2.25 bits per heavy atom. The molecule has 0 bridgehead atoms. The van der Waals surface area contributed by atoms with Gasteiger partial charge in [-0.15, -0.1) is 0 Å². The van der Waals surface area contributed by atoms with Gasteiger partial charge in [0.05, 0.1) is 0 Å². The van der Waals surface area contributed by atoms with Crippen LogP contribution in [0, 0.1) is 0 Å². The van der Waals surface area contributed by atoms with Crippen LogP contribution in [0.4, 0.5) is 0 Å². The van der Waals surface area contributed by atoms with Crippen molar-refractivity contribution in [2.24, 2.45) is 0 Å². The van der Waals surface area contributed by atoms with E-state index in [1.165, 1.54) is 5.56 Å². The van der Waals surface area contributed by atoms with Crippen LogP contribution in [0.2, 0.25) is 0 Å². The van der Waals surface area contributed by atoms with Crippen molar-refractivity contribution in [1.29, 1.82) is 0 Å². The van der Waals surface area contributed by atoms with Gasteiger partial charge in [-0.1, -0.05) is 43.3 Å². The van der Waals surface area contributed by atoms with Crippen molar-refractivity contribution in [1.82, 2.24) is 0 Å². The fraction of sp³-hybridized carbons (Fsp3) is 0.143. The van der Waals surface area contributed by atoms with E-state index in [1.54, 1.807) is 0 Å². The molecule has 16 heavy (non-hydrogen) atoms. The van der Waals surface area contributed by atoms with Gasteiger partial charge < -0.3 is 0 Å². The number of hydrogen-bond acceptors (Lipinski definition) is 1. The quantitative estimate of drug-likeness (QED) is 0.739. The van der Waals surface area contributed by atoms with Crippen LogP contribution in [-0.2, 0) is 11.0 Å². The molecule has 0 aromatic heterocycles. The van der Waals surface area contributed by atoms with Crippen molar-refractivity contribution >= 4 is 18.4 Å². The highest BCUT2D eigenvalue weighted by atomic mass is 31.1. The smallest absolute Gasteiger partial charge is 0.136 e. The normalized spacial score (nSPS) is 11.2. The van der Waals surface area contributed by atoms with Crippen LogP contribution in [0.25, 0.3) is 0 Å². The van der Waals surface area contributed by atoms with Crippen LogP contribution >= 0.6 is 7.80 Å². The molecule has 1 nitrogen and oxygen atoms in total. The van der Waals surface area contributed by atoms with Crippen LogP contribution in [0.1, 0.15) is 12.5 Å². The van der Waals surface area contributed by atoms with Crippen LogP contribution in [-0.4, -0.2) is 0 Å². The lowest BCUT2D eigenvalue weighted by Gasteiger charge is -2.06. The lowest BCUT2D eigenvalue weighted by molar-refractivity contribution is 0.598. The first-order chi connectivity index (χ1) is 7.83. The Morgan fingerprint density at radius 2 is 1.56 bits per heavy atom. The minimum Gasteiger partial charge on any atom is -0.277 e. The molecule has 1 unspecified atom stereocenters. The first-order valence-electron chi connectivity index (χ1n) is 5.43. The maximum atomic E-state index is 12.4. The van der Waals surface area contributed by atoms with Gasteiger partial charge in [0.25, 0.3) is 0 Å². The summed E-state index contributed by atoms with van der Waals surface area (Å²) in [6.45, 7) is 2.09. The second kappa shape index (κ2) is 5.05. The van der Waals surface area contributed by atoms with E-state index in [4.69, 9.17) is 0 Å². The van der Waals surface area contributed by atoms with Crippen molar-refractivity contribution < 1.29 is 4.57 Å². The van der Waals surface area contributed by atoms with Gasteiger partial charge in [-0.2, -0.15) is 0 Å². The van der Waals surface area contributed by atoms with Gasteiger partial charge in [-0.05, 0) is 30.2 Å². The van der Waals surface area contributed by atoms with E-state index in [2.05, 4.69) is 6.92 Å². The number of aryl methyl sites for hydroxylation is 1. The molecule has 2 heteroatoms. The summed E-state index contributed by atoms with van der Waals surface area (Å²) in [5.41, 5.74) is 1.17. The number of benzene rings is 2. The molecule has 1 radical (unpaired) electrons. The second-order valence-electron chi connectivity index (χ2n) is 3.61.